The molecule has 1 aliphatic heterocycles. The Kier molecular flexibility index (Phi) is 4.74. The van der Waals surface area contributed by atoms with E-state index in [1.54, 1.807) is 29.2 Å². The van der Waals surface area contributed by atoms with Crippen LogP contribution in [-0.4, -0.2) is 30.5 Å². The van der Waals surface area contributed by atoms with E-state index in [1.807, 2.05) is 0 Å². The molecule has 3 rings (SSSR count). The zero-order chi connectivity index (χ0) is 17.1. The fourth-order valence-electron chi connectivity index (χ4n) is 2.96. The minimum Gasteiger partial charge on any atom is -0.434 e. The topological polar surface area (TPSA) is 29.5 Å². The van der Waals surface area contributed by atoms with Gasteiger partial charge < -0.3 is 9.64 Å². The summed E-state index contributed by atoms with van der Waals surface area (Å²) in [4.78, 5) is 14.2. The molecular formula is C18H16F3NO2. The lowest BCUT2D eigenvalue weighted by Crippen LogP contribution is -2.29. The number of hydrogen-bond acceptors (Lipinski definition) is 2. The highest BCUT2D eigenvalue weighted by Gasteiger charge is 2.29. The lowest BCUT2D eigenvalue weighted by Gasteiger charge is -2.18. The molecular weight excluding hydrogens is 319 g/mol. The highest BCUT2D eigenvalue weighted by molar-refractivity contribution is 5.97. The summed E-state index contributed by atoms with van der Waals surface area (Å²) in [7, 11) is 0. The molecule has 0 spiro atoms. The Morgan fingerprint density at radius 2 is 1.83 bits per heavy atom. The average molecular weight is 335 g/mol. The zero-order valence-corrected chi connectivity index (χ0v) is 12.8. The van der Waals surface area contributed by atoms with Crippen molar-refractivity contribution in [2.75, 3.05) is 13.1 Å². The average Bonchev–Trinajstić information content (AvgIpc) is 3.05. The van der Waals surface area contributed by atoms with E-state index in [0.29, 0.717) is 13.1 Å². The van der Waals surface area contributed by atoms with E-state index in [4.69, 9.17) is 0 Å². The van der Waals surface area contributed by atoms with Gasteiger partial charge in [-0.3, -0.25) is 4.79 Å². The van der Waals surface area contributed by atoms with Gasteiger partial charge in [-0.25, -0.2) is 4.39 Å². The highest BCUT2D eigenvalue weighted by Crippen LogP contribution is 2.30. The number of rotatable bonds is 4. The fourth-order valence-corrected chi connectivity index (χ4v) is 2.96. The van der Waals surface area contributed by atoms with Crippen LogP contribution in [0.4, 0.5) is 13.2 Å². The summed E-state index contributed by atoms with van der Waals surface area (Å²) in [6.07, 6.45) is 0.745. The Bertz CT molecular complexity index is 718. The summed E-state index contributed by atoms with van der Waals surface area (Å²) < 4.78 is 42.4. The molecule has 2 aromatic rings. The standard InChI is InChI=1S/C18H16F3NO2/c19-14-7-5-12(6-8-14)13-9-10-22(11-13)17(23)15-3-1-2-4-16(15)24-18(20)21/h1-8,13,18H,9-11H2/t13-/m1/s1. The van der Waals surface area contributed by atoms with Gasteiger partial charge in [-0.1, -0.05) is 24.3 Å². The van der Waals surface area contributed by atoms with Crippen LogP contribution in [-0.2, 0) is 0 Å². The van der Waals surface area contributed by atoms with Crippen LogP contribution in [0.15, 0.2) is 48.5 Å². The molecule has 24 heavy (non-hydrogen) atoms. The van der Waals surface area contributed by atoms with Crippen molar-refractivity contribution in [3.05, 3.63) is 65.5 Å². The predicted molar refractivity (Wildman–Crippen MR) is 82.7 cm³/mol. The van der Waals surface area contributed by atoms with Crippen molar-refractivity contribution >= 4 is 5.91 Å². The molecule has 3 nitrogen and oxygen atoms in total. The third kappa shape index (κ3) is 3.53. The Labute approximate surface area is 137 Å². The van der Waals surface area contributed by atoms with Gasteiger partial charge in [0, 0.05) is 19.0 Å². The molecule has 1 atom stereocenters. The quantitative estimate of drug-likeness (QED) is 0.843. The van der Waals surface area contributed by atoms with E-state index in [0.717, 1.165) is 12.0 Å². The maximum absolute atomic E-state index is 13.0. The van der Waals surface area contributed by atoms with Gasteiger partial charge in [0.25, 0.3) is 5.91 Å². The predicted octanol–water partition coefficient (Wildman–Crippen LogP) is 4.06. The SMILES string of the molecule is O=C(c1ccccc1OC(F)F)N1CC[C@@H](c2ccc(F)cc2)C1. The van der Waals surface area contributed by atoms with Crippen LogP contribution in [0.5, 0.6) is 5.75 Å². The second-order valence-corrected chi connectivity index (χ2v) is 5.66. The molecule has 0 N–H and O–H groups in total. The molecule has 0 aliphatic carbocycles. The molecule has 0 saturated carbocycles. The van der Waals surface area contributed by atoms with Crippen LogP contribution in [0.3, 0.4) is 0 Å². The number of alkyl halides is 2. The number of nitrogens with zero attached hydrogens (tertiary/aromatic N) is 1. The van der Waals surface area contributed by atoms with Gasteiger partial charge in [0.2, 0.25) is 0 Å². The van der Waals surface area contributed by atoms with E-state index in [9.17, 15) is 18.0 Å². The maximum Gasteiger partial charge on any atom is 0.387 e. The van der Waals surface area contributed by atoms with Crippen molar-refractivity contribution in [2.45, 2.75) is 19.0 Å². The molecule has 1 fully saturated rings. The van der Waals surface area contributed by atoms with E-state index in [2.05, 4.69) is 4.74 Å². The molecule has 6 heteroatoms. The number of hydrogen-bond donors (Lipinski definition) is 0. The molecule has 2 aromatic carbocycles. The number of likely N-dealkylation sites (tertiary alicyclic amines) is 1. The van der Waals surface area contributed by atoms with E-state index in [1.165, 1.54) is 24.3 Å². The Morgan fingerprint density at radius 3 is 2.54 bits per heavy atom. The van der Waals surface area contributed by atoms with Crippen LogP contribution in [0, 0.1) is 5.82 Å². The molecule has 0 bridgehead atoms. The Hall–Kier alpha value is -2.50. The molecule has 0 aromatic heterocycles. The van der Waals surface area contributed by atoms with Crippen molar-refractivity contribution < 1.29 is 22.7 Å². The molecule has 1 heterocycles. The summed E-state index contributed by atoms with van der Waals surface area (Å²) in [6.45, 7) is -2.00. The summed E-state index contributed by atoms with van der Waals surface area (Å²) in [6, 6.07) is 12.2. The van der Waals surface area contributed by atoms with E-state index < -0.39 is 6.61 Å². The molecule has 0 radical (unpaired) electrons. The molecule has 1 aliphatic rings. The van der Waals surface area contributed by atoms with Gasteiger partial charge in [-0.05, 0) is 36.2 Å². The van der Waals surface area contributed by atoms with Crippen molar-refractivity contribution in [1.29, 1.82) is 0 Å². The zero-order valence-electron chi connectivity index (χ0n) is 12.8. The number of carbonyl (C=O) groups is 1. The summed E-state index contributed by atoms with van der Waals surface area (Å²) in [5.74, 6) is -0.654. The lowest BCUT2D eigenvalue weighted by molar-refractivity contribution is -0.0502. The monoisotopic (exact) mass is 335 g/mol. The minimum atomic E-state index is -2.98. The first-order valence-corrected chi connectivity index (χ1v) is 7.63. The lowest BCUT2D eigenvalue weighted by atomic mass is 9.98. The Balaban J connectivity index is 1.74. The number of benzene rings is 2. The number of para-hydroxylation sites is 1. The summed E-state index contributed by atoms with van der Waals surface area (Å²) in [5, 5.41) is 0. The highest BCUT2D eigenvalue weighted by atomic mass is 19.3. The molecule has 1 amide bonds. The molecule has 0 unspecified atom stereocenters. The van der Waals surface area contributed by atoms with Gasteiger partial charge in [-0.2, -0.15) is 8.78 Å². The van der Waals surface area contributed by atoms with Gasteiger partial charge in [0.15, 0.2) is 0 Å². The molecule has 1 saturated heterocycles. The first-order valence-electron chi connectivity index (χ1n) is 7.63. The number of ether oxygens (including phenoxy) is 1. The maximum atomic E-state index is 13.0. The van der Waals surface area contributed by atoms with Gasteiger partial charge in [0.1, 0.15) is 11.6 Å². The third-order valence-corrected chi connectivity index (χ3v) is 4.15. The normalized spacial score (nSPS) is 17.3. The number of amides is 1. The second-order valence-electron chi connectivity index (χ2n) is 5.66. The van der Waals surface area contributed by atoms with Crippen molar-refractivity contribution in [3.63, 3.8) is 0 Å². The van der Waals surface area contributed by atoms with Crippen LogP contribution in [0.1, 0.15) is 28.3 Å². The summed E-state index contributed by atoms with van der Waals surface area (Å²) in [5.41, 5.74) is 1.08. The first-order chi connectivity index (χ1) is 11.5. The van der Waals surface area contributed by atoms with Crippen molar-refractivity contribution in [1.82, 2.24) is 4.90 Å². The summed E-state index contributed by atoms with van der Waals surface area (Å²) >= 11 is 0. The van der Waals surface area contributed by atoms with Crippen LogP contribution >= 0.6 is 0 Å². The van der Waals surface area contributed by atoms with Crippen molar-refractivity contribution in [2.24, 2.45) is 0 Å². The minimum absolute atomic E-state index is 0.109. The van der Waals surface area contributed by atoms with E-state index >= 15 is 0 Å². The third-order valence-electron chi connectivity index (χ3n) is 4.15. The van der Waals surface area contributed by atoms with Crippen LogP contribution in [0.25, 0.3) is 0 Å². The Morgan fingerprint density at radius 1 is 1.12 bits per heavy atom. The van der Waals surface area contributed by atoms with Gasteiger partial charge >= 0.3 is 6.61 Å². The number of halogens is 3. The first kappa shape index (κ1) is 16.4. The second kappa shape index (κ2) is 6.95. The molecule has 126 valence electrons. The fraction of sp³-hybridized carbons (Fsp3) is 0.278. The largest absolute Gasteiger partial charge is 0.434 e. The van der Waals surface area contributed by atoms with Crippen LogP contribution < -0.4 is 4.74 Å². The van der Waals surface area contributed by atoms with Crippen molar-refractivity contribution in [3.8, 4) is 5.75 Å². The van der Waals surface area contributed by atoms with E-state index in [-0.39, 0.29) is 29.0 Å². The van der Waals surface area contributed by atoms with Gasteiger partial charge in [0.05, 0.1) is 5.56 Å². The number of carbonyl (C=O) groups excluding carboxylic acids is 1. The van der Waals surface area contributed by atoms with Gasteiger partial charge in [-0.15, -0.1) is 0 Å². The van der Waals surface area contributed by atoms with Crippen LogP contribution in [0.2, 0.25) is 0 Å². The smallest absolute Gasteiger partial charge is 0.387 e.